The molecule has 0 aliphatic carbocycles. The molecule has 1 atom stereocenters. The monoisotopic (exact) mass is 349 g/mol. The molecule has 1 aromatic heterocycles. The van der Waals surface area contributed by atoms with Crippen LogP contribution in [0.2, 0.25) is 0 Å². The second-order valence-electron chi connectivity index (χ2n) is 6.45. The van der Waals surface area contributed by atoms with E-state index in [2.05, 4.69) is 25.7 Å². The summed E-state index contributed by atoms with van der Waals surface area (Å²) in [5, 5.41) is 11.0. The molecule has 2 aliphatic heterocycles. The van der Waals surface area contributed by atoms with E-state index in [1.54, 1.807) is 14.2 Å². The van der Waals surface area contributed by atoms with Crippen LogP contribution in [0, 0.1) is 0 Å². The van der Waals surface area contributed by atoms with Crippen molar-refractivity contribution in [3.63, 3.8) is 0 Å². The zero-order chi connectivity index (χ0) is 17.6. The van der Waals surface area contributed by atoms with Gasteiger partial charge in [0.1, 0.15) is 12.4 Å². The third-order valence-corrected chi connectivity index (χ3v) is 4.61. The number of likely N-dealkylation sites (tertiary alicyclic amines) is 1. The predicted molar refractivity (Wildman–Crippen MR) is 93.2 cm³/mol. The minimum absolute atomic E-state index is 0.131. The number of carbonyl (C=O) groups is 1. The fraction of sp³-hybridized carbons (Fsp3) is 0.750. The molecule has 0 saturated carbocycles. The summed E-state index contributed by atoms with van der Waals surface area (Å²) in [4.78, 5) is 22.7. The first kappa shape index (κ1) is 17.7. The maximum absolute atomic E-state index is 12.1. The van der Waals surface area contributed by atoms with Crippen LogP contribution in [-0.4, -0.2) is 71.4 Å². The van der Waals surface area contributed by atoms with Gasteiger partial charge < -0.3 is 20.3 Å². The number of aliphatic imine (C=N–C) groups is 1. The number of methoxy groups -OCH3 is 1. The van der Waals surface area contributed by atoms with Crippen LogP contribution in [0.5, 0.6) is 0 Å². The molecule has 2 N–H and O–H groups in total. The lowest BCUT2D eigenvalue weighted by Gasteiger charge is -2.25. The molecule has 0 bridgehead atoms. The number of aryl methyl sites for hydroxylation is 1. The Kier molecular flexibility index (Phi) is 5.85. The highest BCUT2D eigenvalue weighted by Gasteiger charge is 2.23. The fourth-order valence-corrected chi connectivity index (χ4v) is 3.29. The van der Waals surface area contributed by atoms with E-state index in [1.807, 2.05) is 9.58 Å². The summed E-state index contributed by atoms with van der Waals surface area (Å²) in [5.41, 5.74) is 0. The van der Waals surface area contributed by atoms with Gasteiger partial charge in [-0.15, -0.1) is 0 Å². The Morgan fingerprint density at radius 3 is 2.92 bits per heavy atom. The first-order chi connectivity index (χ1) is 12.2. The quantitative estimate of drug-likeness (QED) is 0.551. The van der Waals surface area contributed by atoms with Crippen LogP contribution in [0.1, 0.15) is 30.9 Å². The molecule has 1 amide bonds. The van der Waals surface area contributed by atoms with Crippen molar-refractivity contribution in [3.05, 3.63) is 11.6 Å². The van der Waals surface area contributed by atoms with Crippen molar-refractivity contribution in [3.8, 4) is 0 Å². The van der Waals surface area contributed by atoms with Gasteiger partial charge in [0.05, 0.1) is 13.1 Å². The third-order valence-electron chi connectivity index (χ3n) is 4.61. The van der Waals surface area contributed by atoms with Crippen molar-refractivity contribution in [1.29, 1.82) is 0 Å². The van der Waals surface area contributed by atoms with E-state index >= 15 is 0 Å². The SMILES string of the molecule is CN=C(NCC(=O)N1CCCC1)NC1CCc2nc(COC)nn2C1. The second kappa shape index (κ2) is 8.28. The Bertz CT molecular complexity index is 622. The highest BCUT2D eigenvalue weighted by Crippen LogP contribution is 2.13. The molecule has 3 heterocycles. The van der Waals surface area contributed by atoms with Gasteiger partial charge in [0.15, 0.2) is 11.8 Å². The van der Waals surface area contributed by atoms with E-state index in [0.717, 1.165) is 57.0 Å². The molecule has 25 heavy (non-hydrogen) atoms. The van der Waals surface area contributed by atoms with E-state index < -0.39 is 0 Å². The summed E-state index contributed by atoms with van der Waals surface area (Å²) in [6.45, 7) is 3.17. The number of guanidine groups is 1. The predicted octanol–water partition coefficient (Wildman–Crippen LogP) is -0.473. The van der Waals surface area contributed by atoms with Gasteiger partial charge >= 0.3 is 0 Å². The number of nitrogens with zero attached hydrogens (tertiary/aromatic N) is 5. The average molecular weight is 349 g/mol. The second-order valence-corrected chi connectivity index (χ2v) is 6.45. The fourth-order valence-electron chi connectivity index (χ4n) is 3.29. The molecule has 9 heteroatoms. The summed E-state index contributed by atoms with van der Waals surface area (Å²) >= 11 is 0. The summed E-state index contributed by atoms with van der Waals surface area (Å²) in [6.07, 6.45) is 4.02. The number of nitrogens with one attached hydrogen (secondary N) is 2. The lowest BCUT2D eigenvalue weighted by atomic mass is 10.1. The topological polar surface area (TPSA) is 96.7 Å². The van der Waals surface area contributed by atoms with Crippen LogP contribution in [0.4, 0.5) is 0 Å². The molecular weight excluding hydrogens is 322 g/mol. The van der Waals surface area contributed by atoms with Gasteiger partial charge in [-0.3, -0.25) is 9.79 Å². The molecule has 0 radical (unpaired) electrons. The minimum atomic E-state index is 0.131. The number of ether oxygens (including phenoxy) is 1. The lowest BCUT2D eigenvalue weighted by Crippen LogP contribution is -2.49. The van der Waals surface area contributed by atoms with E-state index in [4.69, 9.17) is 4.74 Å². The largest absolute Gasteiger partial charge is 0.377 e. The van der Waals surface area contributed by atoms with Gasteiger partial charge in [-0.2, -0.15) is 5.10 Å². The first-order valence-electron chi connectivity index (χ1n) is 8.86. The number of rotatable bonds is 5. The van der Waals surface area contributed by atoms with Gasteiger partial charge in [0.25, 0.3) is 0 Å². The Morgan fingerprint density at radius 1 is 1.40 bits per heavy atom. The number of aromatic nitrogens is 3. The van der Waals surface area contributed by atoms with Crippen molar-refractivity contribution in [2.75, 3.05) is 33.8 Å². The van der Waals surface area contributed by atoms with E-state index in [-0.39, 0.29) is 18.5 Å². The van der Waals surface area contributed by atoms with Gasteiger partial charge in [0, 0.05) is 39.7 Å². The number of hydrogen-bond donors (Lipinski definition) is 2. The van der Waals surface area contributed by atoms with Crippen LogP contribution < -0.4 is 10.6 Å². The molecule has 0 spiro atoms. The van der Waals surface area contributed by atoms with E-state index in [0.29, 0.717) is 12.6 Å². The number of carbonyl (C=O) groups excluding carboxylic acids is 1. The van der Waals surface area contributed by atoms with Crippen molar-refractivity contribution in [2.24, 2.45) is 4.99 Å². The molecule has 138 valence electrons. The Labute approximate surface area is 147 Å². The maximum Gasteiger partial charge on any atom is 0.241 e. The number of hydrogen-bond acceptors (Lipinski definition) is 5. The molecular formula is C16H27N7O2. The van der Waals surface area contributed by atoms with Crippen LogP contribution in [-0.2, 0) is 29.1 Å². The summed E-state index contributed by atoms with van der Waals surface area (Å²) < 4.78 is 7.02. The minimum Gasteiger partial charge on any atom is -0.377 e. The van der Waals surface area contributed by atoms with Gasteiger partial charge in [-0.1, -0.05) is 0 Å². The zero-order valence-corrected chi connectivity index (χ0v) is 15.0. The van der Waals surface area contributed by atoms with Crippen molar-refractivity contribution in [1.82, 2.24) is 30.3 Å². The van der Waals surface area contributed by atoms with Gasteiger partial charge in [-0.25, -0.2) is 9.67 Å². The highest BCUT2D eigenvalue weighted by atomic mass is 16.5. The zero-order valence-electron chi connectivity index (χ0n) is 15.0. The Morgan fingerprint density at radius 2 is 2.20 bits per heavy atom. The van der Waals surface area contributed by atoms with Crippen LogP contribution in [0.3, 0.4) is 0 Å². The van der Waals surface area contributed by atoms with Crippen LogP contribution in [0.15, 0.2) is 4.99 Å². The average Bonchev–Trinajstić information content (AvgIpc) is 3.27. The molecule has 1 unspecified atom stereocenters. The normalized spacial score (nSPS) is 20.5. The molecule has 0 aromatic carbocycles. The van der Waals surface area contributed by atoms with Gasteiger partial charge in [0.2, 0.25) is 5.91 Å². The number of fused-ring (bicyclic) bond motifs is 1. The lowest BCUT2D eigenvalue weighted by molar-refractivity contribution is -0.128. The molecule has 1 aromatic rings. The number of amides is 1. The van der Waals surface area contributed by atoms with Crippen LogP contribution >= 0.6 is 0 Å². The third kappa shape index (κ3) is 4.47. The molecule has 9 nitrogen and oxygen atoms in total. The standard InChI is InChI=1S/C16H27N7O2/c1-17-16(18-9-15(24)22-7-3-4-8-22)19-12-5-6-14-20-13(11-25-2)21-23(14)10-12/h12H,3-11H2,1-2H3,(H2,17,18,19). The van der Waals surface area contributed by atoms with E-state index in [9.17, 15) is 4.79 Å². The molecule has 3 rings (SSSR count). The van der Waals surface area contributed by atoms with Gasteiger partial charge in [-0.05, 0) is 19.3 Å². The summed E-state index contributed by atoms with van der Waals surface area (Å²) in [5.74, 6) is 2.50. The first-order valence-corrected chi connectivity index (χ1v) is 8.86. The smallest absolute Gasteiger partial charge is 0.241 e. The van der Waals surface area contributed by atoms with E-state index in [1.165, 1.54) is 0 Å². The van der Waals surface area contributed by atoms with Crippen LogP contribution in [0.25, 0.3) is 0 Å². The van der Waals surface area contributed by atoms with Crippen molar-refractivity contribution >= 4 is 11.9 Å². The highest BCUT2D eigenvalue weighted by molar-refractivity contribution is 5.86. The molecule has 1 saturated heterocycles. The summed E-state index contributed by atoms with van der Waals surface area (Å²) in [7, 11) is 3.36. The van der Waals surface area contributed by atoms with Crippen molar-refractivity contribution < 1.29 is 9.53 Å². The Hall–Kier alpha value is -2.16. The maximum atomic E-state index is 12.1. The summed E-state index contributed by atoms with van der Waals surface area (Å²) in [6, 6.07) is 0.206. The molecule has 1 fully saturated rings. The Balaban J connectivity index is 1.49. The van der Waals surface area contributed by atoms with Crippen molar-refractivity contribution in [2.45, 2.75) is 44.9 Å². The molecule has 2 aliphatic rings.